The Morgan fingerprint density at radius 2 is 1.70 bits per heavy atom. The number of hydrogen-bond donors (Lipinski definition) is 1. The first-order valence-corrected chi connectivity index (χ1v) is 8.61. The molecule has 0 amide bonds. The van der Waals surface area contributed by atoms with Gasteiger partial charge in [-0.15, -0.1) is 0 Å². The van der Waals surface area contributed by atoms with Gasteiger partial charge >= 0.3 is 0 Å². The fraction of sp³-hybridized carbons (Fsp3) is 0.250. The van der Waals surface area contributed by atoms with Gasteiger partial charge in [0.2, 0.25) is 10.0 Å². The van der Waals surface area contributed by atoms with Crippen LogP contribution in [0.25, 0.3) is 0 Å². The van der Waals surface area contributed by atoms with Crippen molar-refractivity contribution in [3.05, 3.63) is 69.8 Å². The van der Waals surface area contributed by atoms with Crippen LogP contribution in [0.5, 0.6) is 0 Å². The molecular weight excluding hydrogens is 316 g/mol. The normalized spacial score (nSPS) is 11.6. The molecule has 0 saturated carbocycles. The lowest BCUT2D eigenvalue weighted by molar-refractivity contribution is -0.387. The maximum atomic E-state index is 12.3. The van der Waals surface area contributed by atoms with E-state index >= 15 is 0 Å². The molecule has 1 N–H and O–H groups in total. The van der Waals surface area contributed by atoms with Crippen LogP contribution in [0.3, 0.4) is 0 Å². The number of nitrogens with zero attached hydrogens (tertiary/aromatic N) is 1. The number of para-hydroxylation sites is 1. The maximum absolute atomic E-state index is 12.3. The van der Waals surface area contributed by atoms with E-state index in [4.69, 9.17) is 0 Å². The van der Waals surface area contributed by atoms with E-state index in [1.807, 2.05) is 24.3 Å². The van der Waals surface area contributed by atoms with Crippen LogP contribution < -0.4 is 4.72 Å². The summed E-state index contributed by atoms with van der Waals surface area (Å²) in [5.74, 6) is 0.396. The van der Waals surface area contributed by atoms with E-state index in [-0.39, 0.29) is 11.4 Å². The molecule has 0 spiro atoms. The van der Waals surface area contributed by atoms with Gasteiger partial charge in [-0.05, 0) is 23.1 Å². The zero-order valence-corrected chi connectivity index (χ0v) is 13.7. The van der Waals surface area contributed by atoms with E-state index in [0.717, 1.165) is 11.1 Å². The Balaban J connectivity index is 2.18. The van der Waals surface area contributed by atoms with Crippen LogP contribution in [-0.4, -0.2) is 13.3 Å². The molecule has 0 aliphatic heterocycles. The van der Waals surface area contributed by atoms with E-state index in [1.54, 1.807) is 0 Å². The number of rotatable bonds is 6. The Morgan fingerprint density at radius 1 is 1.09 bits per heavy atom. The van der Waals surface area contributed by atoms with Gasteiger partial charge in [0.25, 0.3) is 5.69 Å². The second kappa shape index (κ2) is 6.89. The Hall–Kier alpha value is -2.25. The number of nitro groups is 1. The molecule has 0 saturated heterocycles. The first kappa shape index (κ1) is 17.1. The van der Waals surface area contributed by atoms with Gasteiger partial charge in [0.15, 0.2) is 4.90 Å². The Labute approximate surface area is 135 Å². The lowest BCUT2D eigenvalue weighted by Gasteiger charge is -2.09. The molecule has 23 heavy (non-hydrogen) atoms. The van der Waals surface area contributed by atoms with Crippen LogP contribution in [0.15, 0.2) is 53.4 Å². The summed E-state index contributed by atoms with van der Waals surface area (Å²) in [4.78, 5) is 9.93. The van der Waals surface area contributed by atoms with Crippen LogP contribution >= 0.6 is 0 Å². The second-order valence-electron chi connectivity index (χ2n) is 5.45. The summed E-state index contributed by atoms with van der Waals surface area (Å²) >= 11 is 0. The fourth-order valence-electron chi connectivity index (χ4n) is 2.11. The molecule has 7 heteroatoms. The molecule has 122 valence electrons. The van der Waals surface area contributed by atoms with Crippen molar-refractivity contribution in [1.82, 2.24) is 4.72 Å². The molecule has 0 bridgehead atoms. The summed E-state index contributed by atoms with van der Waals surface area (Å²) in [5.41, 5.74) is 1.52. The van der Waals surface area contributed by atoms with Crippen molar-refractivity contribution in [3.8, 4) is 0 Å². The molecule has 0 aromatic heterocycles. The minimum absolute atomic E-state index is 0.0761. The van der Waals surface area contributed by atoms with Crippen LogP contribution in [-0.2, 0) is 16.6 Å². The molecule has 2 rings (SSSR count). The highest BCUT2D eigenvalue weighted by Gasteiger charge is 2.24. The monoisotopic (exact) mass is 334 g/mol. The number of nitrogens with one attached hydrogen (secondary N) is 1. The number of hydrogen-bond acceptors (Lipinski definition) is 4. The third-order valence-corrected chi connectivity index (χ3v) is 4.91. The van der Waals surface area contributed by atoms with Crippen molar-refractivity contribution in [3.63, 3.8) is 0 Å². The molecule has 0 aliphatic carbocycles. The van der Waals surface area contributed by atoms with E-state index in [9.17, 15) is 18.5 Å². The van der Waals surface area contributed by atoms with Crippen LogP contribution in [0.4, 0.5) is 5.69 Å². The number of nitro benzene ring substituents is 1. The summed E-state index contributed by atoms with van der Waals surface area (Å²) in [5, 5.41) is 11.0. The molecular formula is C16H18N2O4S. The summed E-state index contributed by atoms with van der Waals surface area (Å²) in [7, 11) is -3.95. The van der Waals surface area contributed by atoms with Gasteiger partial charge < -0.3 is 0 Å². The van der Waals surface area contributed by atoms with Crippen molar-refractivity contribution in [2.45, 2.75) is 31.2 Å². The van der Waals surface area contributed by atoms with Gasteiger partial charge in [0.1, 0.15) is 0 Å². The lowest BCUT2D eigenvalue weighted by Crippen LogP contribution is -2.24. The van der Waals surface area contributed by atoms with Gasteiger partial charge in [-0.1, -0.05) is 50.2 Å². The summed E-state index contributed by atoms with van der Waals surface area (Å²) in [6, 6.07) is 12.9. The minimum atomic E-state index is -3.95. The zero-order chi connectivity index (χ0) is 17.0. The third kappa shape index (κ3) is 4.14. The number of sulfonamides is 1. The Bertz CT molecular complexity index is 799. The molecule has 2 aromatic carbocycles. The van der Waals surface area contributed by atoms with E-state index < -0.39 is 20.6 Å². The standard InChI is InChI=1S/C16H18N2O4S/c1-12(2)14-9-7-13(8-10-14)11-17-23(21,22)16-6-4-3-5-15(16)18(19)20/h3-10,12,17H,11H2,1-2H3. The van der Waals surface area contributed by atoms with Crippen molar-refractivity contribution in [2.24, 2.45) is 0 Å². The summed E-state index contributed by atoms with van der Waals surface area (Å²) in [6.07, 6.45) is 0. The Kier molecular flexibility index (Phi) is 5.12. The molecule has 0 aliphatic rings. The van der Waals surface area contributed by atoms with E-state index in [1.165, 1.54) is 24.3 Å². The van der Waals surface area contributed by atoms with Crippen molar-refractivity contribution in [1.29, 1.82) is 0 Å². The predicted octanol–water partition coefficient (Wildman–Crippen LogP) is 3.20. The van der Waals surface area contributed by atoms with E-state index in [0.29, 0.717) is 5.92 Å². The van der Waals surface area contributed by atoms with Gasteiger partial charge in [-0.3, -0.25) is 10.1 Å². The quantitative estimate of drug-likeness (QED) is 0.649. The van der Waals surface area contributed by atoms with Gasteiger partial charge in [-0.25, -0.2) is 13.1 Å². The highest BCUT2D eigenvalue weighted by atomic mass is 32.2. The molecule has 2 aromatic rings. The minimum Gasteiger partial charge on any atom is -0.258 e. The van der Waals surface area contributed by atoms with Crippen LogP contribution in [0.2, 0.25) is 0 Å². The topological polar surface area (TPSA) is 89.3 Å². The molecule has 0 atom stereocenters. The van der Waals surface area contributed by atoms with Gasteiger partial charge in [0, 0.05) is 12.6 Å². The largest absolute Gasteiger partial charge is 0.289 e. The van der Waals surface area contributed by atoms with Crippen molar-refractivity contribution in [2.75, 3.05) is 0 Å². The first-order chi connectivity index (χ1) is 10.8. The SMILES string of the molecule is CC(C)c1ccc(CNS(=O)(=O)c2ccccc2[N+](=O)[O-])cc1. The average molecular weight is 334 g/mol. The summed E-state index contributed by atoms with van der Waals surface area (Å²) in [6.45, 7) is 4.23. The second-order valence-corrected chi connectivity index (χ2v) is 7.18. The molecule has 0 unspecified atom stereocenters. The fourth-order valence-corrected chi connectivity index (χ4v) is 3.30. The first-order valence-electron chi connectivity index (χ1n) is 7.13. The zero-order valence-electron chi connectivity index (χ0n) is 12.9. The van der Waals surface area contributed by atoms with Crippen molar-refractivity contribution < 1.29 is 13.3 Å². The Morgan fingerprint density at radius 3 is 2.26 bits per heavy atom. The predicted molar refractivity (Wildman–Crippen MR) is 87.7 cm³/mol. The summed E-state index contributed by atoms with van der Waals surface area (Å²) < 4.78 is 27.0. The smallest absolute Gasteiger partial charge is 0.258 e. The molecule has 0 radical (unpaired) electrons. The molecule has 0 fully saturated rings. The average Bonchev–Trinajstić information content (AvgIpc) is 2.53. The maximum Gasteiger partial charge on any atom is 0.289 e. The van der Waals surface area contributed by atoms with E-state index in [2.05, 4.69) is 18.6 Å². The molecule has 0 heterocycles. The highest BCUT2D eigenvalue weighted by molar-refractivity contribution is 7.89. The van der Waals surface area contributed by atoms with Gasteiger partial charge in [-0.2, -0.15) is 0 Å². The molecule has 6 nitrogen and oxygen atoms in total. The van der Waals surface area contributed by atoms with Gasteiger partial charge in [0.05, 0.1) is 4.92 Å². The third-order valence-electron chi connectivity index (χ3n) is 3.46. The highest BCUT2D eigenvalue weighted by Crippen LogP contribution is 2.23. The van der Waals surface area contributed by atoms with Crippen LogP contribution in [0, 0.1) is 10.1 Å². The lowest BCUT2D eigenvalue weighted by atomic mass is 10.0. The number of benzene rings is 2. The van der Waals surface area contributed by atoms with Crippen LogP contribution in [0.1, 0.15) is 30.9 Å². The van der Waals surface area contributed by atoms with Crippen molar-refractivity contribution >= 4 is 15.7 Å².